The summed E-state index contributed by atoms with van der Waals surface area (Å²) in [6.07, 6.45) is 10.9. The van der Waals surface area contributed by atoms with Crippen molar-refractivity contribution in [3.8, 4) is 0 Å². The van der Waals surface area contributed by atoms with E-state index in [1.165, 1.54) is 55.3 Å². The van der Waals surface area contributed by atoms with Gasteiger partial charge in [-0.1, -0.05) is 31.4 Å². The Kier molecular flexibility index (Phi) is 6.94. The number of nitrogen functional groups attached to an aromatic ring is 1. The highest BCUT2D eigenvalue weighted by Crippen LogP contribution is 2.43. The Morgan fingerprint density at radius 2 is 1.81 bits per heavy atom. The molecule has 5 rings (SSSR count). The number of nitrogens with one attached hydrogen (secondary N) is 1. The van der Waals surface area contributed by atoms with Crippen LogP contribution in [0, 0.1) is 5.92 Å². The summed E-state index contributed by atoms with van der Waals surface area (Å²) in [5.41, 5.74) is 12.6. The van der Waals surface area contributed by atoms with Gasteiger partial charge in [-0.05, 0) is 55.4 Å². The van der Waals surface area contributed by atoms with Gasteiger partial charge in [0.25, 0.3) is 0 Å². The van der Waals surface area contributed by atoms with Crippen molar-refractivity contribution in [2.75, 3.05) is 29.3 Å². The molecule has 0 atom stereocenters. The fourth-order valence-electron chi connectivity index (χ4n) is 5.58. The molecule has 196 valence electrons. The van der Waals surface area contributed by atoms with Crippen LogP contribution in [0.25, 0.3) is 5.57 Å². The number of benzene rings is 1. The highest BCUT2D eigenvalue weighted by Gasteiger charge is 2.32. The zero-order valence-corrected chi connectivity index (χ0v) is 22.6. The minimum atomic E-state index is -3.08. The number of sulfone groups is 1. The minimum absolute atomic E-state index is 0.0200. The molecule has 9 nitrogen and oxygen atoms in total. The molecule has 10 heteroatoms. The van der Waals surface area contributed by atoms with Crippen molar-refractivity contribution in [3.05, 3.63) is 59.2 Å². The third-order valence-electron chi connectivity index (χ3n) is 7.45. The van der Waals surface area contributed by atoms with E-state index in [1.54, 1.807) is 18.3 Å². The van der Waals surface area contributed by atoms with Gasteiger partial charge in [0.2, 0.25) is 11.9 Å². The predicted octanol–water partition coefficient (Wildman–Crippen LogP) is 4.45. The Bertz CT molecular complexity index is 1420. The minimum Gasteiger partial charge on any atom is -0.369 e. The first-order valence-electron chi connectivity index (χ1n) is 12.8. The normalized spacial score (nSPS) is 16.5. The van der Waals surface area contributed by atoms with Crippen LogP contribution in [0.2, 0.25) is 0 Å². The summed E-state index contributed by atoms with van der Waals surface area (Å²) in [7, 11) is 1.00. The molecule has 2 aliphatic rings. The van der Waals surface area contributed by atoms with E-state index >= 15 is 0 Å². The van der Waals surface area contributed by atoms with Gasteiger partial charge >= 0.3 is 0 Å². The number of hydrogen-bond donors (Lipinski definition) is 2. The van der Waals surface area contributed by atoms with Gasteiger partial charge < -0.3 is 20.5 Å². The second kappa shape index (κ2) is 10.2. The zero-order valence-electron chi connectivity index (χ0n) is 21.7. The average molecular weight is 522 g/mol. The number of nitrogens with zero attached hydrogens (tertiary/aromatic N) is 5. The molecule has 1 saturated carbocycles. The molecule has 2 aliphatic carbocycles. The summed E-state index contributed by atoms with van der Waals surface area (Å²) < 4.78 is 25.2. The number of aromatic nitrogens is 4. The highest BCUT2D eigenvalue weighted by atomic mass is 32.2. The molecule has 0 amide bonds. The lowest BCUT2D eigenvalue weighted by Gasteiger charge is -2.33. The molecule has 0 bridgehead atoms. The molecule has 37 heavy (non-hydrogen) atoms. The van der Waals surface area contributed by atoms with Crippen LogP contribution >= 0.6 is 0 Å². The van der Waals surface area contributed by atoms with Gasteiger partial charge in [0.15, 0.2) is 9.84 Å². The van der Waals surface area contributed by atoms with Gasteiger partial charge in [0.05, 0.1) is 11.4 Å². The molecule has 0 spiro atoms. The SMILES string of the molecule is CN(C1=C(C2CCCCC2)c2nc(N)n(C)c2CC1)c1ccnc(Nc2ccc(CS(C)(=O)=O)cc2)n1. The predicted molar refractivity (Wildman–Crippen MR) is 148 cm³/mol. The smallest absolute Gasteiger partial charge is 0.229 e. The second-order valence-corrected chi connectivity index (χ2v) is 12.3. The molecule has 0 saturated heterocycles. The van der Waals surface area contributed by atoms with E-state index < -0.39 is 9.84 Å². The average Bonchev–Trinajstić information content (AvgIpc) is 3.17. The molecule has 2 aromatic heterocycles. The van der Waals surface area contributed by atoms with Gasteiger partial charge in [-0.2, -0.15) is 4.98 Å². The third kappa shape index (κ3) is 5.49. The van der Waals surface area contributed by atoms with Gasteiger partial charge in [-0.15, -0.1) is 0 Å². The number of allylic oxidation sites excluding steroid dienone is 2. The van der Waals surface area contributed by atoms with E-state index in [4.69, 9.17) is 15.7 Å². The van der Waals surface area contributed by atoms with Gasteiger partial charge in [-0.3, -0.25) is 0 Å². The Morgan fingerprint density at radius 1 is 1.08 bits per heavy atom. The Balaban J connectivity index is 1.43. The first-order chi connectivity index (χ1) is 17.7. The quantitative estimate of drug-likeness (QED) is 0.468. The Morgan fingerprint density at radius 3 is 2.51 bits per heavy atom. The van der Waals surface area contributed by atoms with Crippen LogP contribution in [0.1, 0.15) is 55.5 Å². The van der Waals surface area contributed by atoms with Gasteiger partial charge in [-0.25, -0.2) is 18.4 Å². The summed E-state index contributed by atoms with van der Waals surface area (Å²) in [5.74, 6) is 2.36. The van der Waals surface area contributed by atoms with Crippen molar-refractivity contribution in [3.63, 3.8) is 0 Å². The number of imidazole rings is 1. The van der Waals surface area contributed by atoms with Crippen molar-refractivity contribution < 1.29 is 8.42 Å². The molecule has 2 heterocycles. The van der Waals surface area contributed by atoms with Crippen LogP contribution in [0.4, 0.5) is 23.4 Å². The maximum Gasteiger partial charge on any atom is 0.229 e. The number of nitrogens with two attached hydrogens (primary N) is 1. The molecular formula is C27H35N7O2S. The summed E-state index contributed by atoms with van der Waals surface area (Å²) in [4.78, 5) is 16.2. The van der Waals surface area contributed by atoms with E-state index in [0.717, 1.165) is 35.6 Å². The van der Waals surface area contributed by atoms with Crippen LogP contribution in [-0.4, -0.2) is 41.2 Å². The van der Waals surface area contributed by atoms with Crippen molar-refractivity contribution >= 4 is 38.8 Å². The topological polar surface area (TPSA) is 119 Å². The van der Waals surface area contributed by atoms with Gasteiger partial charge in [0, 0.05) is 49.2 Å². The lowest BCUT2D eigenvalue weighted by Crippen LogP contribution is -2.26. The Hall–Kier alpha value is -3.40. The fourth-order valence-corrected chi connectivity index (χ4v) is 6.38. The van der Waals surface area contributed by atoms with E-state index in [9.17, 15) is 8.42 Å². The fraction of sp³-hybridized carbons (Fsp3) is 0.444. The number of hydrogen-bond acceptors (Lipinski definition) is 8. The van der Waals surface area contributed by atoms with E-state index in [1.807, 2.05) is 29.8 Å². The van der Waals surface area contributed by atoms with Crippen LogP contribution in [0.15, 0.2) is 42.2 Å². The van der Waals surface area contributed by atoms with Gasteiger partial charge in [0.1, 0.15) is 5.82 Å². The molecular weight excluding hydrogens is 486 g/mol. The largest absolute Gasteiger partial charge is 0.369 e. The number of fused-ring (bicyclic) bond motifs is 1. The molecule has 1 fully saturated rings. The molecule has 3 aromatic rings. The second-order valence-electron chi connectivity index (χ2n) is 10.2. The first-order valence-corrected chi connectivity index (χ1v) is 14.9. The van der Waals surface area contributed by atoms with Crippen molar-refractivity contribution in [1.82, 2.24) is 19.5 Å². The first kappa shape index (κ1) is 25.3. The zero-order chi connectivity index (χ0) is 26.2. The molecule has 0 unspecified atom stereocenters. The van der Waals surface area contributed by atoms with Crippen molar-refractivity contribution in [2.45, 2.75) is 50.7 Å². The molecule has 3 N–H and O–H groups in total. The van der Waals surface area contributed by atoms with Crippen LogP contribution < -0.4 is 16.0 Å². The number of anilines is 4. The summed E-state index contributed by atoms with van der Waals surface area (Å²) in [6.45, 7) is 0. The summed E-state index contributed by atoms with van der Waals surface area (Å²) >= 11 is 0. The maximum absolute atomic E-state index is 11.6. The lowest BCUT2D eigenvalue weighted by atomic mass is 9.78. The van der Waals surface area contributed by atoms with E-state index in [0.29, 0.717) is 17.8 Å². The van der Waals surface area contributed by atoms with Crippen molar-refractivity contribution in [1.29, 1.82) is 0 Å². The molecule has 1 aromatic carbocycles. The van der Waals surface area contributed by atoms with Crippen LogP contribution in [0.3, 0.4) is 0 Å². The summed E-state index contributed by atoms with van der Waals surface area (Å²) in [5, 5.41) is 3.25. The van der Waals surface area contributed by atoms with E-state index in [-0.39, 0.29) is 5.75 Å². The Labute approximate surface area is 218 Å². The van der Waals surface area contributed by atoms with Crippen LogP contribution in [0.5, 0.6) is 0 Å². The number of rotatable bonds is 7. The van der Waals surface area contributed by atoms with E-state index in [2.05, 4.69) is 22.2 Å². The monoisotopic (exact) mass is 521 g/mol. The van der Waals surface area contributed by atoms with Crippen LogP contribution in [-0.2, 0) is 29.1 Å². The standard InChI is InChI=1S/C27H35N7O2S/c1-33(21-13-14-22-25(32-26(28)34(22)2)24(21)19-7-5-4-6-8-19)23-15-16-29-27(31-23)30-20-11-9-18(10-12-20)17-37(3,35)36/h9-12,15-16,19H,4-8,13-14,17H2,1-3H3,(H2,28,32)(H,29,30,31). The lowest BCUT2D eigenvalue weighted by molar-refractivity contribution is 0.425. The molecule has 0 aliphatic heterocycles. The highest BCUT2D eigenvalue weighted by molar-refractivity contribution is 7.89. The molecule has 0 radical (unpaired) electrons. The third-order valence-corrected chi connectivity index (χ3v) is 8.31. The van der Waals surface area contributed by atoms with Crippen molar-refractivity contribution in [2.24, 2.45) is 13.0 Å². The maximum atomic E-state index is 11.6. The summed E-state index contributed by atoms with van der Waals surface area (Å²) in [6, 6.07) is 9.22.